The summed E-state index contributed by atoms with van der Waals surface area (Å²) in [6.45, 7) is 0.376. The van der Waals surface area contributed by atoms with Crippen molar-refractivity contribution in [2.24, 2.45) is 11.7 Å². The summed E-state index contributed by atoms with van der Waals surface area (Å²) < 4.78 is 0. The second-order valence-electron chi connectivity index (χ2n) is 3.45. The predicted molar refractivity (Wildman–Crippen MR) is 51.3 cm³/mol. The van der Waals surface area contributed by atoms with Crippen LogP contribution >= 0.6 is 0 Å². The molecule has 72 valence electrons. The molecule has 13 heavy (non-hydrogen) atoms. The number of nitrogens with one attached hydrogen (secondary N) is 2. The SMILES string of the molecule is N#CC(CN)C1CCCCC(=N)N1. The summed E-state index contributed by atoms with van der Waals surface area (Å²) in [4.78, 5) is 0. The van der Waals surface area contributed by atoms with Crippen molar-refractivity contribution in [2.45, 2.75) is 31.7 Å². The molecule has 4 N–H and O–H groups in total. The summed E-state index contributed by atoms with van der Waals surface area (Å²) >= 11 is 0. The Morgan fingerprint density at radius 2 is 2.46 bits per heavy atom. The highest BCUT2D eigenvalue weighted by atomic mass is 15.0. The molecule has 1 aliphatic heterocycles. The van der Waals surface area contributed by atoms with Crippen LogP contribution in [0.4, 0.5) is 0 Å². The summed E-state index contributed by atoms with van der Waals surface area (Å²) in [5.41, 5.74) is 5.48. The van der Waals surface area contributed by atoms with Crippen LogP contribution in [-0.2, 0) is 0 Å². The van der Waals surface area contributed by atoms with Crippen LogP contribution in [0.1, 0.15) is 25.7 Å². The van der Waals surface area contributed by atoms with Crippen LogP contribution < -0.4 is 11.1 Å². The molecule has 2 unspecified atom stereocenters. The van der Waals surface area contributed by atoms with Gasteiger partial charge in [0, 0.05) is 19.0 Å². The first-order valence-corrected chi connectivity index (χ1v) is 4.71. The zero-order valence-corrected chi connectivity index (χ0v) is 7.71. The van der Waals surface area contributed by atoms with Crippen molar-refractivity contribution in [2.75, 3.05) is 6.54 Å². The van der Waals surface area contributed by atoms with Crippen LogP contribution in [0.25, 0.3) is 0 Å². The summed E-state index contributed by atoms with van der Waals surface area (Å²) in [7, 11) is 0. The molecule has 2 atom stereocenters. The maximum Gasteiger partial charge on any atom is 0.0934 e. The Morgan fingerprint density at radius 3 is 3.08 bits per heavy atom. The molecule has 0 aromatic carbocycles. The molecule has 0 bridgehead atoms. The number of nitrogens with zero attached hydrogens (tertiary/aromatic N) is 1. The molecule has 0 radical (unpaired) electrons. The zero-order chi connectivity index (χ0) is 9.68. The van der Waals surface area contributed by atoms with Gasteiger partial charge >= 0.3 is 0 Å². The number of amidine groups is 1. The van der Waals surface area contributed by atoms with E-state index in [4.69, 9.17) is 16.4 Å². The van der Waals surface area contributed by atoms with Gasteiger partial charge in [0.2, 0.25) is 0 Å². The number of hydrogen-bond donors (Lipinski definition) is 3. The van der Waals surface area contributed by atoms with Gasteiger partial charge < -0.3 is 11.1 Å². The molecule has 0 spiro atoms. The molecule has 4 nitrogen and oxygen atoms in total. The molecule has 4 heteroatoms. The minimum Gasteiger partial charge on any atom is -0.370 e. The summed E-state index contributed by atoms with van der Waals surface area (Å²) in [5, 5.41) is 19.4. The summed E-state index contributed by atoms with van der Waals surface area (Å²) in [6, 6.07) is 2.27. The maximum atomic E-state index is 8.82. The third kappa shape index (κ3) is 2.71. The molecule has 0 aromatic heterocycles. The Kier molecular flexibility index (Phi) is 3.71. The van der Waals surface area contributed by atoms with Crippen LogP contribution in [0.3, 0.4) is 0 Å². The van der Waals surface area contributed by atoms with Gasteiger partial charge in [-0.15, -0.1) is 0 Å². The fourth-order valence-electron chi connectivity index (χ4n) is 1.64. The molecular formula is C9H16N4. The number of nitrogens with two attached hydrogens (primary N) is 1. The first kappa shape index (κ1) is 10.0. The normalized spacial score (nSPS) is 25.5. The van der Waals surface area contributed by atoms with Crippen molar-refractivity contribution in [3.63, 3.8) is 0 Å². The average molecular weight is 180 g/mol. The third-order valence-corrected chi connectivity index (χ3v) is 2.46. The Bertz CT molecular complexity index is 218. The first-order valence-electron chi connectivity index (χ1n) is 4.71. The van der Waals surface area contributed by atoms with Crippen molar-refractivity contribution in [1.82, 2.24) is 5.32 Å². The van der Waals surface area contributed by atoms with Crippen LogP contribution in [0.2, 0.25) is 0 Å². The molecule has 1 fully saturated rings. The van der Waals surface area contributed by atoms with E-state index in [0.29, 0.717) is 12.4 Å². The van der Waals surface area contributed by atoms with E-state index in [1.54, 1.807) is 0 Å². The van der Waals surface area contributed by atoms with E-state index in [1.807, 2.05) is 0 Å². The molecule has 1 rings (SSSR count). The Labute approximate surface area is 78.6 Å². The minimum atomic E-state index is -0.154. The van der Waals surface area contributed by atoms with Crippen molar-refractivity contribution in [3.05, 3.63) is 0 Å². The van der Waals surface area contributed by atoms with Gasteiger partial charge in [0.15, 0.2) is 0 Å². The number of hydrogen-bond acceptors (Lipinski definition) is 3. The second kappa shape index (κ2) is 4.83. The third-order valence-electron chi connectivity index (χ3n) is 2.46. The van der Waals surface area contributed by atoms with Gasteiger partial charge in [-0.2, -0.15) is 5.26 Å². The smallest absolute Gasteiger partial charge is 0.0934 e. The van der Waals surface area contributed by atoms with Crippen molar-refractivity contribution >= 4 is 5.84 Å². The maximum absolute atomic E-state index is 8.82. The topological polar surface area (TPSA) is 85.7 Å². The van der Waals surface area contributed by atoms with Crippen LogP contribution in [-0.4, -0.2) is 18.4 Å². The van der Waals surface area contributed by atoms with Crippen molar-refractivity contribution < 1.29 is 0 Å². The van der Waals surface area contributed by atoms with Crippen LogP contribution in [0.15, 0.2) is 0 Å². The molecular weight excluding hydrogens is 164 g/mol. The van der Waals surface area contributed by atoms with Gasteiger partial charge in [-0.05, 0) is 12.8 Å². The average Bonchev–Trinajstić information content (AvgIpc) is 2.32. The summed E-state index contributed by atoms with van der Waals surface area (Å²) in [5.74, 6) is 0.398. The quantitative estimate of drug-likeness (QED) is 0.581. The molecule has 0 saturated carbocycles. The second-order valence-corrected chi connectivity index (χ2v) is 3.45. The highest BCUT2D eigenvalue weighted by molar-refractivity contribution is 5.79. The Balaban J connectivity index is 2.56. The monoisotopic (exact) mass is 180 g/mol. The van der Waals surface area contributed by atoms with Crippen LogP contribution in [0, 0.1) is 22.7 Å². The van der Waals surface area contributed by atoms with Gasteiger partial charge in [0.05, 0.1) is 17.8 Å². The lowest BCUT2D eigenvalue weighted by Gasteiger charge is -2.20. The van der Waals surface area contributed by atoms with E-state index in [2.05, 4.69) is 11.4 Å². The Morgan fingerprint density at radius 1 is 1.69 bits per heavy atom. The lowest BCUT2D eigenvalue weighted by atomic mass is 9.97. The van der Waals surface area contributed by atoms with E-state index in [9.17, 15) is 0 Å². The Hall–Kier alpha value is -1.08. The number of rotatable bonds is 2. The van der Waals surface area contributed by atoms with E-state index in [0.717, 1.165) is 25.7 Å². The van der Waals surface area contributed by atoms with Gasteiger partial charge in [-0.1, -0.05) is 6.42 Å². The van der Waals surface area contributed by atoms with E-state index in [-0.39, 0.29) is 12.0 Å². The lowest BCUT2D eigenvalue weighted by molar-refractivity contribution is 0.447. The standard InChI is InChI=1S/C9H16N4/c10-5-7(6-11)8-3-1-2-4-9(12)13-8/h7-8H,1-5,10H2,(H2,12,13). The summed E-state index contributed by atoms with van der Waals surface area (Å²) in [6.07, 6.45) is 3.89. The minimum absolute atomic E-state index is 0.0880. The molecule has 0 aliphatic carbocycles. The largest absolute Gasteiger partial charge is 0.370 e. The molecule has 0 amide bonds. The fourth-order valence-corrected chi connectivity index (χ4v) is 1.64. The molecule has 1 saturated heterocycles. The zero-order valence-electron chi connectivity index (χ0n) is 7.71. The van der Waals surface area contributed by atoms with E-state index >= 15 is 0 Å². The van der Waals surface area contributed by atoms with Gasteiger partial charge in [-0.3, -0.25) is 5.41 Å². The van der Waals surface area contributed by atoms with Gasteiger partial charge in [0.25, 0.3) is 0 Å². The fraction of sp³-hybridized carbons (Fsp3) is 0.778. The number of nitriles is 1. The van der Waals surface area contributed by atoms with Gasteiger partial charge in [-0.25, -0.2) is 0 Å². The van der Waals surface area contributed by atoms with Crippen molar-refractivity contribution in [1.29, 1.82) is 10.7 Å². The van der Waals surface area contributed by atoms with E-state index < -0.39 is 0 Å². The highest BCUT2D eigenvalue weighted by Crippen LogP contribution is 2.14. The predicted octanol–water partition coefficient (Wildman–Crippen LogP) is 0.594. The van der Waals surface area contributed by atoms with Crippen LogP contribution in [0.5, 0.6) is 0 Å². The molecule has 1 aliphatic rings. The van der Waals surface area contributed by atoms with Gasteiger partial charge in [0.1, 0.15) is 0 Å². The highest BCUT2D eigenvalue weighted by Gasteiger charge is 2.22. The molecule has 0 aromatic rings. The first-order chi connectivity index (χ1) is 6.27. The lowest BCUT2D eigenvalue weighted by Crippen LogP contribution is -2.40. The molecule has 1 heterocycles. The van der Waals surface area contributed by atoms with Crippen molar-refractivity contribution in [3.8, 4) is 6.07 Å². The van der Waals surface area contributed by atoms with E-state index in [1.165, 1.54) is 0 Å².